The third kappa shape index (κ3) is 4.37. The lowest BCUT2D eigenvalue weighted by molar-refractivity contribution is -0.137. The molecule has 0 fully saturated rings. The van der Waals surface area contributed by atoms with E-state index >= 15 is 0 Å². The molecule has 0 spiro atoms. The Labute approximate surface area is 176 Å². The molecular weight excluding hydrogens is 427 g/mol. The van der Waals surface area contributed by atoms with Crippen LogP contribution in [0.2, 0.25) is 0 Å². The molecule has 5 nitrogen and oxygen atoms in total. The molecule has 0 saturated heterocycles. The fraction of sp³-hybridized carbons (Fsp3) is 0.0455. The van der Waals surface area contributed by atoms with Gasteiger partial charge < -0.3 is 4.98 Å². The van der Waals surface area contributed by atoms with E-state index in [2.05, 4.69) is 9.97 Å². The summed E-state index contributed by atoms with van der Waals surface area (Å²) in [5, 5.41) is 5.09. The minimum Gasteiger partial charge on any atom is -0.338 e. The molecule has 0 aliphatic carbocycles. The van der Waals surface area contributed by atoms with Gasteiger partial charge in [-0.15, -0.1) is 0 Å². The van der Waals surface area contributed by atoms with Gasteiger partial charge in [0, 0.05) is 11.1 Å². The standard InChI is InChI=1S/C22H16F3N3O2S/c23-22(24,25)19-12-16(8-11-18(19)14-4-2-1-3-5-14)20-13-27-21(28-20)15-6-9-17(10-7-15)31(26,29)30/h1-13H,(H,27,28)(H2,26,29,30). The van der Waals surface area contributed by atoms with E-state index in [1.54, 1.807) is 36.4 Å². The quantitative estimate of drug-likeness (QED) is 0.461. The number of nitrogens with two attached hydrogens (primary N) is 1. The molecule has 0 aliphatic heterocycles. The Morgan fingerprint density at radius 3 is 2.10 bits per heavy atom. The monoisotopic (exact) mass is 443 g/mol. The number of halogens is 3. The van der Waals surface area contributed by atoms with E-state index in [-0.39, 0.29) is 10.5 Å². The number of benzene rings is 3. The van der Waals surface area contributed by atoms with Crippen LogP contribution in [0.1, 0.15) is 5.56 Å². The Hall–Kier alpha value is -3.43. The number of sulfonamides is 1. The van der Waals surface area contributed by atoms with E-state index in [0.717, 1.165) is 6.07 Å². The van der Waals surface area contributed by atoms with Crippen LogP contribution in [0.3, 0.4) is 0 Å². The molecule has 0 radical (unpaired) electrons. The van der Waals surface area contributed by atoms with Crippen LogP contribution in [0.5, 0.6) is 0 Å². The largest absolute Gasteiger partial charge is 0.417 e. The SMILES string of the molecule is NS(=O)(=O)c1ccc(-c2ncc(-c3ccc(-c4ccccc4)c(C(F)(F)F)c3)[nH]2)cc1. The van der Waals surface area contributed by atoms with Gasteiger partial charge in [-0.3, -0.25) is 0 Å². The number of nitrogens with zero attached hydrogens (tertiary/aromatic N) is 1. The van der Waals surface area contributed by atoms with Gasteiger partial charge in [0.15, 0.2) is 0 Å². The Balaban J connectivity index is 1.72. The Morgan fingerprint density at radius 1 is 0.839 bits per heavy atom. The molecule has 0 atom stereocenters. The normalized spacial score (nSPS) is 12.1. The molecule has 3 aromatic carbocycles. The molecular formula is C22H16F3N3O2S. The average molecular weight is 443 g/mol. The van der Waals surface area contributed by atoms with Crippen LogP contribution < -0.4 is 5.14 Å². The molecule has 0 saturated carbocycles. The summed E-state index contributed by atoms with van der Waals surface area (Å²) in [5.74, 6) is 0.386. The smallest absolute Gasteiger partial charge is 0.338 e. The van der Waals surface area contributed by atoms with E-state index in [1.165, 1.54) is 36.5 Å². The second-order valence-electron chi connectivity index (χ2n) is 6.84. The van der Waals surface area contributed by atoms with Crippen molar-refractivity contribution < 1.29 is 21.6 Å². The number of H-pyrrole nitrogens is 1. The van der Waals surface area contributed by atoms with Gasteiger partial charge in [0.1, 0.15) is 5.82 Å². The van der Waals surface area contributed by atoms with Crippen molar-refractivity contribution in [2.75, 3.05) is 0 Å². The van der Waals surface area contributed by atoms with Crippen LogP contribution in [0.15, 0.2) is 83.9 Å². The molecule has 0 aliphatic rings. The third-order valence-corrected chi connectivity index (χ3v) is 5.68. The van der Waals surface area contributed by atoms with Gasteiger partial charge in [0.2, 0.25) is 10.0 Å². The van der Waals surface area contributed by atoms with Crippen LogP contribution >= 0.6 is 0 Å². The second kappa shape index (κ2) is 7.68. The zero-order valence-electron chi connectivity index (χ0n) is 15.9. The average Bonchev–Trinajstić information content (AvgIpc) is 3.23. The number of hydrogen-bond acceptors (Lipinski definition) is 3. The molecule has 158 valence electrons. The first-order chi connectivity index (χ1) is 14.6. The minimum atomic E-state index is -4.53. The molecule has 0 unspecified atom stereocenters. The van der Waals surface area contributed by atoms with Gasteiger partial charge in [-0.1, -0.05) is 42.5 Å². The lowest BCUT2D eigenvalue weighted by atomic mass is 9.96. The maximum Gasteiger partial charge on any atom is 0.417 e. The highest BCUT2D eigenvalue weighted by Crippen LogP contribution is 2.39. The summed E-state index contributed by atoms with van der Waals surface area (Å²) in [7, 11) is -3.82. The van der Waals surface area contributed by atoms with Crippen molar-refractivity contribution in [1.29, 1.82) is 0 Å². The molecule has 9 heteroatoms. The summed E-state index contributed by atoms with van der Waals surface area (Å²) in [6.07, 6.45) is -3.10. The third-order valence-electron chi connectivity index (χ3n) is 4.75. The molecule has 1 aromatic heterocycles. The molecule has 0 bridgehead atoms. The number of rotatable bonds is 4. The van der Waals surface area contributed by atoms with Gasteiger partial charge in [0.05, 0.1) is 22.3 Å². The Bertz CT molecular complexity index is 1330. The van der Waals surface area contributed by atoms with Crippen molar-refractivity contribution >= 4 is 10.0 Å². The first kappa shape index (κ1) is 20.8. The maximum absolute atomic E-state index is 13.7. The van der Waals surface area contributed by atoms with Gasteiger partial charge >= 0.3 is 6.18 Å². The van der Waals surface area contributed by atoms with Gasteiger partial charge in [-0.2, -0.15) is 13.2 Å². The van der Waals surface area contributed by atoms with Crippen LogP contribution in [0.25, 0.3) is 33.8 Å². The fourth-order valence-corrected chi connectivity index (χ4v) is 3.75. The number of aromatic nitrogens is 2. The Kier molecular flexibility index (Phi) is 5.16. The van der Waals surface area contributed by atoms with Gasteiger partial charge in [-0.05, 0) is 41.5 Å². The van der Waals surface area contributed by atoms with E-state index in [9.17, 15) is 21.6 Å². The van der Waals surface area contributed by atoms with Gasteiger partial charge in [-0.25, -0.2) is 18.5 Å². The van der Waals surface area contributed by atoms with Crippen LogP contribution in [-0.4, -0.2) is 18.4 Å². The first-order valence-electron chi connectivity index (χ1n) is 9.08. The summed E-state index contributed by atoms with van der Waals surface area (Å²) in [5.41, 5.74) is 1.11. The summed E-state index contributed by atoms with van der Waals surface area (Å²) < 4.78 is 64.0. The number of primary sulfonamides is 1. The molecule has 4 aromatic rings. The maximum atomic E-state index is 13.7. The predicted octanol–water partition coefficient (Wildman–Crippen LogP) is 5.08. The number of nitrogens with one attached hydrogen (secondary N) is 1. The number of alkyl halides is 3. The van der Waals surface area contributed by atoms with Crippen molar-refractivity contribution in [1.82, 2.24) is 9.97 Å². The summed E-state index contributed by atoms with van der Waals surface area (Å²) in [4.78, 5) is 7.15. The zero-order valence-corrected chi connectivity index (χ0v) is 16.7. The van der Waals surface area contributed by atoms with E-state index in [0.29, 0.717) is 28.2 Å². The molecule has 4 rings (SSSR count). The minimum absolute atomic E-state index is 0.0469. The van der Waals surface area contributed by atoms with E-state index in [4.69, 9.17) is 5.14 Å². The number of imidazole rings is 1. The van der Waals surface area contributed by atoms with Crippen molar-refractivity contribution in [3.05, 3.63) is 84.6 Å². The van der Waals surface area contributed by atoms with E-state index < -0.39 is 21.8 Å². The predicted molar refractivity (Wildman–Crippen MR) is 111 cm³/mol. The zero-order chi connectivity index (χ0) is 22.2. The lowest BCUT2D eigenvalue weighted by Gasteiger charge is -2.14. The van der Waals surface area contributed by atoms with Crippen LogP contribution in [0, 0.1) is 0 Å². The van der Waals surface area contributed by atoms with Crippen molar-refractivity contribution in [2.45, 2.75) is 11.1 Å². The topological polar surface area (TPSA) is 88.8 Å². The molecule has 1 heterocycles. The van der Waals surface area contributed by atoms with Crippen LogP contribution in [0.4, 0.5) is 13.2 Å². The number of aromatic amines is 1. The molecule has 3 N–H and O–H groups in total. The summed E-state index contributed by atoms with van der Waals surface area (Å²) >= 11 is 0. The van der Waals surface area contributed by atoms with Crippen molar-refractivity contribution in [3.8, 4) is 33.8 Å². The number of hydrogen-bond donors (Lipinski definition) is 2. The van der Waals surface area contributed by atoms with Crippen molar-refractivity contribution in [2.24, 2.45) is 5.14 Å². The lowest BCUT2D eigenvalue weighted by Crippen LogP contribution is -2.11. The van der Waals surface area contributed by atoms with E-state index in [1.807, 2.05) is 0 Å². The van der Waals surface area contributed by atoms with Gasteiger partial charge in [0.25, 0.3) is 0 Å². The van der Waals surface area contributed by atoms with Crippen LogP contribution in [-0.2, 0) is 16.2 Å². The Morgan fingerprint density at radius 2 is 1.48 bits per heavy atom. The fourth-order valence-electron chi connectivity index (χ4n) is 3.23. The highest BCUT2D eigenvalue weighted by molar-refractivity contribution is 7.89. The highest BCUT2D eigenvalue weighted by atomic mass is 32.2. The second-order valence-corrected chi connectivity index (χ2v) is 8.40. The molecule has 0 amide bonds. The first-order valence-corrected chi connectivity index (χ1v) is 10.6. The highest BCUT2D eigenvalue weighted by Gasteiger charge is 2.34. The van der Waals surface area contributed by atoms with Crippen molar-refractivity contribution in [3.63, 3.8) is 0 Å². The summed E-state index contributed by atoms with van der Waals surface area (Å²) in [6.45, 7) is 0. The molecule has 31 heavy (non-hydrogen) atoms. The summed E-state index contributed by atoms with van der Waals surface area (Å²) in [6, 6.07) is 18.2.